The first kappa shape index (κ1) is 13.2. The van der Waals surface area contributed by atoms with E-state index in [1.54, 1.807) is 0 Å². The Morgan fingerprint density at radius 3 is 2.80 bits per heavy atom. The van der Waals surface area contributed by atoms with E-state index in [1.807, 2.05) is 0 Å². The van der Waals surface area contributed by atoms with E-state index in [0.29, 0.717) is 0 Å². The Balaban J connectivity index is 1.94. The zero-order valence-corrected chi connectivity index (χ0v) is 12.3. The summed E-state index contributed by atoms with van der Waals surface area (Å²) in [6, 6.07) is 15.4. The average Bonchev–Trinajstić information content (AvgIpc) is 2.62. The van der Waals surface area contributed by atoms with Gasteiger partial charge in [-0.2, -0.15) is 0 Å². The second-order valence-corrected chi connectivity index (χ2v) is 5.67. The average molecular weight is 266 g/mol. The molecule has 0 aliphatic carbocycles. The molecule has 0 aromatic heterocycles. The van der Waals surface area contributed by atoms with Crippen molar-refractivity contribution in [1.82, 2.24) is 5.32 Å². The van der Waals surface area contributed by atoms with E-state index in [9.17, 15) is 0 Å². The summed E-state index contributed by atoms with van der Waals surface area (Å²) in [7, 11) is 0. The highest BCUT2D eigenvalue weighted by molar-refractivity contribution is 5.60. The quantitative estimate of drug-likeness (QED) is 0.896. The maximum absolute atomic E-state index is 3.52. The standard InChI is InChI=1S/C18H22N2/c1-14-5-3-7-16(11-14)13-20-10-9-19-12-17-8-4-6-15(2)18(17)20/h3-8,11,19H,9-10,12-13H2,1-2H3. The molecule has 0 amide bonds. The lowest BCUT2D eigenvalue weighted by Gasteiger charge is -2.26. The van der Waals surface area contributed by atoms with Gasteiger partial charge in [0.15, 0.2) is 0 Å². The van der Waals surface area contributed by atoms with E-state index in [4.69, 9.17) is 0 Å². The molecule has 0 saturated heterocycles. The van der Waals surface area contributed by atoms with Gasteiger partial charge in [-0.05, 0) is 30.5 Å². The summed E-state index contributed by atoms with van der Waals surface area (Å²) in [5.74, 6) is 0. The van der Waals surface area contributed by atoms with Crippen LogP contribution in [0.5, 0.6) is 0 Å². The lowest BCUT2D eigenvalue weighted by Crippen LogP contribution is -2.28. The van der Waals surface area contributed by atoms with Crippen LogP contribution in [0.2, 0.25) is 0 Å². The molecule has 2 aromatic carbocycles. The molecular formula is C18H22N2. The van der Waals surface area contributed by atoms with E-state index >= 15 is 0 Å². The number of hydrogen-bond acceptors (Lipinski definition) is 2. The Hall–Kier alpha value is -1.80. The minimum Gasteiger partial charge on any atom is -0.365 e. The van der Waals surface area contributed by atoms with Gasteiger partial charge >= 0.3 is 0 Å². The number of anilines is 1. The normalized spacial score (nSPS) is 14.8. The van der Waals surface area contributed by atoms with Gasteiger partial charge in [0.05, 0.1) is 0 Å². The molecule has 1 N–H and O–H groups in total. The Morgan fingerprint density at radius 1 is 1.10 bits per heavy atom. The van der Waals surface area contributed by atoms with Crippen molar-refractivity contribution >= 4 is 5.69 Å². The zero-order valence-electron chi connectivity index (χ0n) is 12.3. The van der Waals surface area contributed by atoms with Crippen molar-refractivity contribution in [3.8, 4) is 0 Å². The monoisotopic (exact) mass is 266 g/mol. The van der Waals surface area contributed by atoms with Crippen molar-refractivity contribution in [3.63, 3.8) is 0 Å². The van der Waals surface area contributed by atoms with Crippen LogP contribution in [0.3, 0.4) is 0 Å². The molecule has 1 aliphatic rings. The number of nitrogens with zero attached hydrogens (tertiary/aromatic N) is 1. The third-order valence-corrected chi connectivity index (χ3v) is 3.97. The first-order valence-electron chi connectivity index (χ1n) is 7.34. The molecule has 3 rings (SSSR count). The van der Waals surface area contributed by atoms with Gasteiger partial charge in [-0.15, -0.1) is 0 Å². The zero-order chi connectivity index (χ0) is 13.9. The highest BCUT2D eigenvalue weighted by Gasteiger charge is 2.16. The summed E-state index contributed by atoms with van der Waals surface area (Å²) in [5.41, 5.74) is 6.93. The van der Waals surface area contributed by atoms with Crippen LogP contribution in [0, 0.1) is 13.8 Å². The number of fused-ring (bicyclic) bond motifs is 1. The smallest absolute Gasteiger partial charge is 0.0445 e. The fraction of sp³-hybridized carbons (Fsp3) is 0.333. The van der Waals surface area contributed by atoms with Gasteiger partial charge in [0.25, 0.3) is 0 Å². The van der Waals surface area contributed by atoms with Crippen LogP contribution >= 0.6 is 0 Å². The number of aryl methyl sites for hydroxylation is 2. The highest BCUT2D eigenvalue weighted by Crippen LogP contribution is 2.28. The van der Waals surface area contributed by atoms with Gasteiger partial charge in [-0.25, -0.2) is 0 Å². The molecule has 1 aliphatic heterocycles. The Morgan fingerprint density at radius 2 is 1.95 bits per heavy atom. The number of para-hydroxylation sites is 1. The van der Waals surface area contributed by atoms with Crippen LogP contribution in [-0.4, -0.2) is 13.1 Å². The van der Waals surface area contributed by atoms with Gasteiger partial charge in [0, 0.05) is 31.9 Å². The SMILES string of the molecule is Cc1cccc(CN2CCNCc3cccc(C)c32)c1. The molecule has 2 heteroatoms. The first-order chi connectivity index (χ1) is 9.74. The third kappa shape index (κ3) is 2.70. The first-order valence-corrected chi connectivity index (χ1v) is 7.34. The molecule has 1 heterocycles. The van der Waals surface area contributed by atoms with Crippen molar-refractivity contribution in [2.75, 3.05) is 18.0 Å². The predicted octanol–water partition coefficient (Wildman–Crippen LogP) is 3.41. The maximum atomic E-state index is 3.52. The van der Waals surface area contributed by atoms with Gasteiger partial charge in [0.2, 0.25) is 0 Å². The summed E-state index contributed by atoms with van der Waals surface area (Å²) in [4.78, 5) is 2.51. The fourth-order valence-corrected chi connectivity index (χ4v) is 3.05. The van der Waals surface area contributed by atoms with E-state index in [0.717, 1.165) is 26.2 Å². The summed E-state index contributed by atoms with van der Waals surface area (Å²) in [5, 5.41) is 3.52. The molecule has 20 heavy (non-hydrogen) atoms. The van der Waals surface area contributed by atoms with Crippen molar-refractivity contribution in [2.24, 2.45) is 0 Å². The van der Waals surface area contributed by atoms with Gasteiger partial charge in [-0.3, -0.25) is 0 Å². The molecule has 0 saturated carbocycles. The largest absolute Gasteiger partial charge is 0.365 e. The second kappa shape index (κ2) is 5.68. The summed E-state index contributed by atoms with van der Waals surface area (Å²) in [6.45, 7) is 8.44. The minimum absolute atomic E-state index is 0.974. The number of hydrogen-bond donors (Lipinski definition) is 1. The summed E-state index contributed by atoms with van der Waals surface area (Å²) < 4.78 is 0. The number of benzene rings is 2. The molecule has 104 valence electrons. The molecular weight excluding hydrogens is 244 g/mol. The van der Waals surface area contributed by atoms with Crippen LogP contribution in [0.4, 0.5) is 5.69 Å². The molecule has 2 aromatic rings. The second-order valence-electron chi connectivity index (χ2n) is 5.67. The van der Waals surface area contributed by atoms with Crippen molar-refractivity contribution in [1.29, 1.82) is 0 Å². The topological polar surface area (TPSA) is 15.3 Å². The molecule has 0 unspecified atom stereocenters. The van der Waals surface area contributed by atoms with Crippen molar-refractivity contribution in [2.45, 2.75) is 26.9 Å². The molecule has 2 nitrogen and oxygen atoms in total. The minimum atomic E-state index is 0.974. The lowest BCUT2D eigenvalue weighted by atomic mass is 10.1. The van der Waals surface area contributed by atoms with Crippen molar-refractivity contribution < 1.29 is 0 Å². The van der Waals surface area contributed by atoms with E-state index in [2.05, 4.69) is 66.5 Å². The number of nitrogens with one attached hydrogen (secondary N) is 1. The molecule has 0 fully saturated rings. The molecule has 0 spiro atoms. The highest BCUT2D eigenvalue weighted by atomic mass is 15.2. The Kier molecular flexibility index (Phi) is 3.75. The Bertz CT molecular complexity index is 604. The number of rotatable bonds is 2. The predicted molar refractivity (Wildman–Crippen MR) is 85.1 cm³/mol. The Labute approximate surface area is 121 Å². The lowest BCUT2D eigenvalue weighted by molar-refractivity contribution is 0.688. The van der Waals surface area contributed by atoms with Crippen molar-refractivity contribution in [3.05, 3.63) is 64.7 Å². The van der Waals surface area contributed by atoms with Crippen LogP contribution in [0.15, 0.2) is 42.5 Å². The van der Waals surface area contributed by atoms with Gasteiger partial charge in [-0.1, -0.05) is 48.0 Å². The van der Waals surface area contributed by atoms with Crippen LogP contribution in [0.25, 0.3) is 0 Å². The van der Waals surface area contributed by atoms with Gasteiger partial charge < -0.3 is 10.2 Å². The third-order valence-electron chi connectivity index (χ3n) is 3.97. The van der Waals surface area contributed by atoms with Crippen LogP contribution in [-0.2, 0) is 13.1 Å². The van der Waals surface area contributed by atoms with E-state index in [-0.39, 0.29) is 0 Å². The summed E-state index contributed by atoms with van der Waals surface area (Å²) in [6.07, 6.45) is 0. The van der Waals surface area contributed by atoms with Crippen LogP contribution in [0.1, 0.15) is 22.3 Å². The molecule has 0 atom stereocenters. The van der Waals surface area contributed by atoms with Gasteiger partial charge in [0.1, 0.15) is 0 Å². The summed E-state index contributed by atoms with van der Waals surface area (Å²) >= 11 is 0. The molecule has 0 bridgehead atoms. The maximum Gasteiger partial charge on any atom is 0.0445 e. The molecule has 0 radical (unpaired) electrons. The van der Waals surface area contributed by atoms with E-state index in [1.165, 1.54) is 27.9 Å². The van der Waals surface area contributed by atoms with Crippen LogP contribution < -0.4 is 10.2 Å². The fourth-order valence-electron chi connectivity index (χ4n) is 3.05. The van der Waals surface area contributed by atoms with E-state index < -0.39 is 0 Å².